The number of halogens is 5. The molecule has 3 N–H and O–H groups in total. The van der Waals surface area contributed by atoms with Crippen molar-refractivity contribution in [2.45, 2.75) is 25.7 Å². The summed E-state index contributed by atoms with van der Waals surface area (Å²) in [4.78, 5) is 27.8. The van der Waals surface area contributed by atoms with Gasteiger partial charge in [0.15, 0.2) is 0 Å². The largest absolute Gasteiger partial charge is 0.416 e. The Morgan fingerprint density at radius 1 is 1.09 bits per heavy atom. The molecule has 1 aliphatic heterocycles. The van der Waals surface area contributed by atoms with Crippen LogP contribution in [-0.4, -0.2) is 23.3 Å². The molecule has 3 aromatic rings. The smallest absolute Gasteiger partial charge is 0.365 e. The summed E-state index contributed by atoms with van der Waals surface area (Å²) in [5, 5.41) is 4.04. The number of hydrogen-bond acceptors (Lipinski definition) is 4. The van der Waals surface area contributed by atoms with Crippen LogP contribution in [0.2, 0.25) is 10.0 Å². The zero-order valence-corrected chi connectivity index (χ0v) is 19.8. The summed E-state index contributed by atoms with van der Waals surface area (Å²) in [6.07, 6.45) is -3.97. The summed E-state index contributed by atoms with van der Waals surface area (Å²) in [5.41, 5.74) is 6.58. The van der Waals surface area contributed by atoms with Crippen molar-refractivity contribution in [1.82, 2.24) is 4.90 Å². The molecule has 2 heterocycles. The van der Waals surface area contributed by atoms with E-state index in [0.29, 0.717) is 36.1 Å². The van der Waals surface area contributed by atoms with Gasteiger partial charge in [-0.15, -0.1) is 11.3 Å². The molecule has 1 aromatic heterocycles. The lowest BCUT2D eigenvalue weighted by atomic mass is 10.0. The monoisotopic (exact) mass is 527 g/mol. The Morgan fingerprint density at radius 2 is 1.74 bits per heavy atom. The first-order valence-corrected chi connectivity index (χ1v) is 11.7. The maximum atomic E-state index is 12.8. The molecule has 11 heteroatoms. The Hall–Kier alpha value is -2.59. The lowest BCUT2D eigenvalue weighted by Gasteiger charge is -2.27. The minimum Gasteiger partial charge on any atom is -0.365 e. The zero-order valence-electron chi connectivity index (χ0n) is 17.5. The van der Waals surface area contributed by atoms with E-state index in [9.17, 15) is 22.8 Å². The van der Waals surface area contributed by atoms with Gasteiger partial charge in [-0.2, -0.15) is 13.2 Å². The van der Waals surface area contributed by atoms with Gasteiger partial charge in [-0.1, -0.05) is 29.3 Å². The van der Waals surface area contributed by atoms with E-state index in [2.05, 4.69) is 10.2 Å². The third kappa shape index (κ3) is 5.07. The van der Waals surface area contributed by atoms with Gasteiger partial charge >= 0.3 is 6.18 Å². The Bertz CT molecular complexity index is 1240. The van der Waals surface area contributed by atoms with E-state index >= 15 is 0 Å². The average molecular weight is 528 g/mol. The molecule has 5 nitrogen and oxygen atoms in total. The van der Waals surface area contributed by atoms with Crippen molar-refractivity contribution in [3.05, 3.63) is 85.2 Å². The first-order chi connectivity index (χ1) is 16.0. The number of carbonyl (C=O) groups excluding carboxylic acids is 2. The van der Waals surface area contributed by atoms with Crippen molar-refractivity contribution in [3.63, 3.8) is 0 Å². The van der Waals surface area contributed by atoms with Gasteiger partial charge in [-0.05, 0) is 48.4 Å². The summed E-state index contributed by atoms with van der Waals surface area (Å²) in [6, 6.07) is 9.15. The van der Waals surface area contributed by atoms with E-state index in [1.54, 1.807) is 18.2 Å². The molecule has 0 radical (unpaired) electrons. The van der Waals surface area contributed by atoms with Crippen LogP contribution in [0.25, 0.3) is 0 Å². The number of alkyl halides is 3. The molecule has 0 unspecified atom stereocenters. The SMILES string of the molecule is NC(=O)c1c(NC(=O)c2ccc(C(F)(F)F)cc2)sc2c1CCN(Cc1c(Cl)cccc1Cl)C2. The maximum absolute atomic E-state index is 12.8. The summed E-state index contributed by atoms with van der Waals surface area (Å²) in [6.45, 7) is 1.63. The number of thiophene rings is 1. The number of anilines is 1. The highest BCUT2D eigenvalue weighted by molar-refractivity contribution is 7.17. The molecule has 1 aliphatic rings. The molecule has 0 bridgehead atoms. The summed E-state index contributed by atoms with van der Waals surface area (Å²) in [7, 11) is 0. The van der Waals surface area contributed by atoms with Crippen LogP contribution in [0, 0.1) is 0 Å². The molecule has 4 rings (SSSR count). The molecule has 2 amide bonds. The van der Waals surface area contributed by atoms with E-state index in [1.807, 2.05) is 0 Å². The molecule has 34 heavy (non-hydrogen) atoms. The number of nitrogens with two attached hydrogens (primary N) is 1. The lowest BCUT2D eigenvalue weighted by molar-refractivity contribution is -0.137. The topological polar surface area (TPSA) is 75.4 Å². The van der Waals surface area contributed by atoms with Gasteiger partial charge in [0.2, 0.25) is 0 Å². The third-order valence-electron chi connectivity index (χ3n) is 5.53. The predicted molar refractivity (Wildman–Crippen MR) is 127 cm³/mol. The fourth-order valence-corrected chi connectivity index (χ4v) is 5.64. The predicted octanol–water partition coefficient (Wildman–Crippen LogP) is 5.98. The highest BCUT2D eigenvalue weighted by Crippen LogP contribution is 2.38. The van der Waals surface area contributed by atoms with Gasteiger partial charge in [-0.25, -0.2) is 0 Å². The summed E-state index contributed by atoms with van der Waals surface area (Å²) < 4.78 is 38.4. The number of nitrogens with zero attached hydrogens (tertiary/aromatic N) is 1. The highest BCUT2D eigenvalue weighted by Gasteiger charge is 2.31. The average Bonchev–Trinajstić information content (AvgIpc) is 3.13. The molecular weight excluding hydrogens is 510 g/mol. The number of amides is 2. The second-order valence-electron chi connectivity index (χ2n) is 7.76. The fourth-order valence-electron chi connectivity index (χ4n) is 3.83. The Kier molecular flexibility index (Phi) is 6.91. The van der Waals surface area contributed by atoms with Gasteiger partial charge in [0.1, 0.15) is 5.00 Å². The number of rotatable bonds is 5. The first-order valence-electron chi connectivity index (χ1n) is 10.1. The molecule has 2 aromatic carbocycles. The normalized spacial score (nSPS) is 14.0. The number of carbonyl (C=O) groups is 2. The molecule has 0 fully saturated rings. The van der Waals surface area contributed by atoms with Crippen LogP contribution >= 0.6 is 34.5 Å². The third-order valence-corrected chi connectivity index (χ3v) is 7.37. The first kappa shape index (κ1) is 24.5. The second-order valence-corrected chi connectivity index (χ2v) is 9.68. The molecule has 0 saturated carbocycles. The number of nitrogens with one attached hydrogen (secondary N) is 1. The van der Waals surface area contributed by atoms with Crippen LogP contribution in [0.3, 0.4) is 0 Å². The highest BCUT2D eigenvalue weighted by atomic mass is 35.5. The number of primary amides is 1. The number of fused-ring (bicyclic) bond motifs is 1. The van der Waals surface area contributed by atoms with Gasteiger partial charge in [0, 0.05) is 45.7 Å². The minimum atomic E-state index is -4.50. The van der Waals surface area contributed by atoms with Crippen LogP contribution in [0.15, 0.2) is 42.5 Å². The van der Waals surface area contributed by atoms with Crippen molar-refractivity contribution in [1.29, 1.82) is 0 Å². The standard InChI is InChI=1S/C23H18Cl2F3N3O2S/c24-16-2-1-3-17(25)15(16)10-31-9-8-14-18(11-31)34-22(19(14)20(29)32)30-21(33)12-4-6-13(7-5-12)23(26,27)28/h1-7H,8-11H2,(H2,29,32)(H,30,33). The fraction of sp³-hybridized carbons (Fsp3) is 0.217. The van der Waals surface area contributed by atoms with Gasteiger partial charge in [0.25, 0.3) is 11.8 Å². The van der Waals surface area contributed by atoms with Gasteiger partial charge in [-0.3, -0.25) is 14.5 Å². The van der Waals surface area contributed by atoms with Crippen molar-refractivity contribution in [2.24, 2.45) is 5.73 Å². The molecular formula is C23H18Cl2F3N3O2S. The van der Waals surface area contributed by atoms with Crippen molar-refractivity contribution >= 4 is 51.4 Å². The van der Waals surface area contributed by atoms with E-state index in [4.69, 9.17) is 28.9 Å². The number of benzene rings is 2. The molecule has 178 valence electrons. The van der Waals surface area contributed by atoms with Crippen molar-refractivity contribution in [3.8, 4) is 0 Å². The Labute approximate surface area is 207 Å². The molecule has 0 atom stereocenters. The van der Waals surface area contributed by atoms with Crippen LogP contribution in [0.5, 0.6) is 0 Å². The maximum Gasteiger partial charge on any atom is 0.416 e. The van der Waals surface area contributed by atoms with Crippen LogP contribution in [-0.2, 0) is 25.7 Å². The quantitative estimate of drug-likeness (QED) is 0.428. The molecule has 0 saturated heterocycles. The van der Waals surface area contributed by atoms with E-state index in [0.717, 1.165) is 40.3 Å². The van der Waals surface area contributed by atoms with Gasteiger partial charge < -0.3 is 11.1 Å². The van der Waals surface area contributed by atoms with Crippen LogP contribution < -0.4 is 11.1 Å². The van der Waals surface area contributed by atoms with E-state index in [-0.39, 0.29) is 16.1 Å². The lowest BCUT2D eigenvalue weighted by Crippen LogP contribution is -2.30. The van der Waals surface area contributed by atoms with Crippen LogP contribution in [0.1, 0.15) is 42.3 Å². The van der Waals surface area contributed by atoms with Crippen molar-refractivity contribution in [2.75, 3.05) is 11.9 Å². The molecule has 0 spiro atoms. The van der Waals surface area contributed by atoms with Crippen LogP contribution in [0.4, 0.5) is 18.2 Å². The van der Waals surface area contributed by atoms with E-state index < -0.39 is 23.6 Å². The number of hydrogen-bond donors (Lipinski definition) is 2. The second kappa shape index (κ2) is 9.58. The van der Waals surface area contributed by atoms with Crippen molar-refractivity contribution < 1.29 is 22.8 Å². The minimum absolute atomic E-state index is 0.0322. The summed E-state index contributed by atoms with van der Waals surface area (Å²) in [5.74, 6) is -1.31. The zero-order chi connectivity index (χ0) is 24.6. The Morgan fingerprint density at radius 3 is 2.32 bits per heavy atom. The molecule has 0 aliphatic carbocycles. The van der Waals surface area contributed by atoms with E-state index in [1.165, 1.54) is 11.3 Å². The Balaban J connectivity index is 1.55. The van der Waals surface area contributed by atoms with Gasteiger partial charge in [0.05, 0.1) is 11.1 Å². The summed E-state index contributed by atoms with van der Waals surface area (Å²) >= 11 is 13.8.